The van der Waals surface area contributed by atoms with Crippen molar-refractivity contribution in [1.82, 2.24) is 4.37 Å². The summed E-state index contributed by atoms with van der Waals surface area (Å²) in [7, 11) is 0. The minimum absolute atomic E-state index is 0.0422. The molecule has 2 unspecified atom stereocenters. The number of nitrogens with two attached hydrogens (primary N) is 1. The fourth-order valence-corrected chi connectivity index (χ4v) is 2.44. The molecule has 2 atom stereocenters. The lowest BCUT2D eigenvalue weighted by Gasteiger charge is -2.21. The minimum atomic E-state index is 0.0422. The molecule has 1 rings (SSSR count). The van der Waals surface area contributed by atoms with E-state index >= 15 is 0 Å². The average Bonchev–Trinajstić information content (AvgIpc) is 2.48. The van der Waals surface area contributed by atoms with Gasteiger partial charge in [-0.15, -0.1) is 0 Å². The molecule has 2 N–H and O–H groups in total. The minimum Gasteiger partial charge on any atom is -0.322 e. The molecule has 0 radical (unpaired) electrons. The number of rotatable bonds is 3. The van der Waals surface area contributed by atoms with Gasteiger partial charge in [0, 0.05) is 5.38 Å². The van der Waals surface area contributed by atoms with Gasteiger partial charge in [0.15, 0.2) is 0 Å². The first-order valence-electron chi connectivity index (χ1n) is 4.39. The van der Waals surface area contributed by atoms with Crippen LogP contribution in [0.5, 0.6) is 0 Å². The van der Waals surface area contributed by atoms with E-state index in [0.29, 0.717) is 11.8 Å². The molecule has 0 fully saturated rings. The number of hydrogen-bond acceptors (Lipinski definition) is 3. The van der Waals surface area contributed by atoms with Gasteiger partial charge in [-0.3, -0.25) is 0 Å². The number of aromatic nitrogens is 1. The third-order valence-corrected chi connectivity index (χ3v) is 4.07. The summed E-state index contributed by atoms with van der Waals surface area (Å²) in [6.07, 6.45) is 0. The standard InChI is InChI=1S/C9H15BrN2S/c1-5(2)6(3)8(11)9-7(10)4-13-12-9/h4-6,8H,11H2,1-3H3. The highest BCUT2D eigenvalue weighted by Crippen LogP contribution is 2.30. The lowest BCUT2D eigenvalue weighted by molar-refractivity contribution is 0.348. The molecule has 4 heteroatoms. The Kier molecular flexibility index (Phi) is 3.88. The molecule has 13 heavy (non-hydrogen) atoms. The smallest absolute Gasteiger partial charge is 0.0854 e. The SMILES string of the molecule is CC(C)C(C)C(N)c1nscc1Br. The highest BCUT2D eigenvalue weighted by atomic mass is 79.9. The summed E-state index contributed by atoms with van der Waals surface area (Å²) in [5, 5.41) is 1.97. The molecule has 0 aliphatic rings. The van der Waals surface area contributed by atoms with E-state index in [9.17, 15) is 0 Å². The largest absolute Gasteiger partial charge is 0.322 e. The maximum Gasteiger partial charge on any atom is 0.0854 e. The molecule has 0 bridgehead atoms. The van der Waals surface area contributed by atoms with E-state index in [1.807, 2.05) is 5.38 Å². The van der Waals surface area contributed by atoms with Crippen LogP contribution in [0.2, 0.25) is 0 Å². The molecule has 1 aromatic heterocycles. The number of hydrogen-bond donors (Lipinski definition) is 1. The van der Waals surface area contributed by atoms with Gasteiger partial charge in [0.25, 0.3) is 0 Å². The van der Waals surface area contributed by atoms with Crippen molar-refractivity contribution in [1.29, 1.82) is 0 Å². The quantitative estimate of drug-likeness (QED) is 0.909. The van der Waals surface area contributed by atoms with Gasteiger partial charge in [0.1, 0.15) is 0 Å². The summed E-state index contributed by atoms with van der Waals surface area (Å²) in [6, 6.07) is 0.0422. The Labute approximate surface area is 91.8 Å². The van der Waals surface area contributed by atoms with Crippen molar-refractivity contribution < 1.29 is 0 Å². The van der Waals surface area contributed by atoms with E-state index in [2.05, 4.69) is 41.1 Å². The zero-order valence-electron chi connectivity index (χ0n) is 8.12. The highest BCUT2D eigenvalue weighted by molar-refractivity contribution is 9.10. The van der Waals surface area contributed by atoms with E-state index in [1.165, 1.54) is 11.5 Å². The second-order valence-electron chi connectivity index (χ2n) is 3.68. The summed E-state index contributed by atoms with van der Waals surface area (Å²) in [5.74, 6) is 1.04. The fourth-order valence-electron chi connectivity index (χ4n) is 1.12. The number of halogens is 1. The van der Waals surface area contributed by atoms with Gasteiger partial charge in [-0.2, -0.15) is 4.37 Å². The zero-order valence-corrected chi connectivity index (χ0v) is 10.5. The van der Waals surface area contributed by atoms with E-state index in [4.69, 9.17) is 5.73 Å². The van der Waals surface area contributed by atoms with Gasteiger partial charge >= 0.3 is 0 Å². The van der Waals surface area contributed by atoms with Crippen LogP contribution in [-0.2, 0) is 0 Å². The second kappa shape index (κ2) is 4.53. The summed E-state index contributed by atoms with van der Waals surface area (Å²) in [5.41, 5.74) is 7.09. The second-order valence-corrected chi connectivity index (χ2v) is 5.16. The van der Waals surface area contributed by atoms with Crippen LogP contribution in [0, 0.1) is 11.8 Å². The van der Waals surface area contributed by atoms with Gasteiger partial charge in [-0.25, -0.2) is 0 Å². The molecule has 1 heterocycles. The van der Waals surface area contributed by atoms with E-state index < -0.39 is 0 Å². The van der Waals surface area contributed by atoms with Crippen LogP contribution in [0.4, 0.5) is 0 Å². The molecule has 1 aromatic rings. The molecular formula is C9H15BrN2S. The molecule has 0 saturated heterocycles. The van der Waals surface area contributed by atoms with Crippen molar-refractivity contribution in [2.45, 2.75) is 26.8 Å². The Bertz CT molecular complexity index is 272. The predicted octanol–water partition coefficient (Wildman–Crippen LogP) is 3.20. The van der Waals surface area contributed by atoms with Gasteiger partial charge in [0.05, 0.1) is 16.2 Å². The summed E-state index contributed by atoms with van der Waals surface area (Å²) in [4.78, 5) is 0. The molecule has 0 aromatic carbocycles. The van der Waals surface area contributed by atoms with Crippen molar-refractivity contribution in [3.63, 3.8) is 0 Å². The Morgan fingerprint density at radius 2 is 2.08 bits per heavy atom. The highest BCUT2D eigenvalue weighted by Gasteiger charge is 2.21. The first kappa shape index (κ1) is 11.1. The van der Waals surface area contributed by atoms with Crippen LogP contribution in [0.25, 0.3) is 0 Å². The van der Waals surface area contributed by atoms with Crippen LogP contribution in [0.3, 0.4) is 0 Å². The van der Waals surface area contributed by atoms with Crippen LogP contribution in [0.1, 0.15) is 32.5 Å². The topological polar surface area (TPSA) is 38.9 Å². The number of nitrogens with zero attached hydrogens (tertiary/aromatic N) is 1. The molecule has 0 aliphatic carbocycles. The Balaban J connectivity index is 2.79. The van der Waals surface area contributed by atoms with E-state index in [0.717, 1.165) is 10.2 Å². The van der Waals surface area contributed by atoms with Crippen LogP contribution >= 0.6 is 27.5 Å². The third-order valence-electron chi connectivity index (χ3n) is 2.49. The predicted molar refractivity (Wildman–Crippen MR) is 60.7 cm³/mol. The first-order valence-corrected chi connectivity index (χ1v) is 6.02. The van der Waals surface area contributed by atoms with Crippen molar-refractivity contribution in [3.05, 3.63) is 15.5 Å². The fraction of sp³-hybridized carbons (Fsp3) is 0.667. The maximum atomic E-state index is 6.10. The molecule has 2 nitrogen and oxygen atoms in total. The molecular weight excluding hydrogens is 248 g/mol. The lowest BCUT2D eigenvalue weighted by atomic mass is 9.89. The third kappa shape index (κ3) is 2.51. The van der Waals surface area contributed by atoms with Gasteiger partial charge in [-0.1, -0.05) is 20.8 Å². The molecule has 74 valence electrons. The Morgan fingerprint density at radius 1 is 1.46 bits per heavy atom. The van der Waals surface area contributed by atoms with Gasteiger partial charge in [0.2, 0.25) is 0 Å². The Hall–Kier alpha value is 0.0700. The Morgan fingerprint density at radius 3 is 2.46 bits per heavy atom. The van der Waals surface area contributed by atoms with Crippen LogP contribution in [-0.4, -0.2) is 4.37 Å². The summed E-state index contributed by atoms with van der Waals surface area (Å²) >= 11 is 4.90. The lowest BCUT2D eigenvalue weighted by Crippen LogP contribution is -2.23. The van der Waals surface area contributed by atoms with E-state index in [-0.39, 0.29) is 6.04 Å². The van der Waals surface area contributed by atoms with E-state index in [1.54, 1.807) is 0 Å². The monoisotopic (exact) mass is 262 g/mol. The first-order chi connectivity index (χ1) is 6.04. The molecule has 0 spiro atoms. The van der Waals surface area contributed by atoms with Gasteiger partial charge < -0.3 is 5.73 Å². The zero-order chi connectivity index (χ0) is 10.0. The normalized spacial score (nSPS) is 16.2. The molecule has 0 saturated carbocycles. The molecule has 0 aliphatic heterocycles. The van der Waals surface area contributed by atoms with Crippen molar-refractivity contribution in [2.24, 2.45) is 17.6 Å². The maximum absolute atomic E-state index is 6.10. The van der Waals surface area contributed by atoms with Gasteiger partial charge in [-0.05, 0) is 39.3 Å². The molecule has 0 amide bonds. The summed E-state index contributed by atoms with van der Waals surface area (Å²) < 4.78 is 5.33. The van der Waals surface area contributed by atoms with Crippen molar-refractivity contribution in [2.75, 3.05) is 0 Å². The van der Waals surface area contributed by atoms with Crippen LogP contribution < -0.4 is 5.73 Å². The van der Waals surface area contributed by atoms with Crippen molar-refractivity contribution in [3.8, 4) is 0 Å². The van der Waals surface area contributed by atoms with Crippen molar-refractivity contribution >= 4 is 27.5 Å². The average molecular weight is 263 g/mol. The van der Waals surface area contributed by atoms with Crippen LogP contribution in [0.15, 0.2) is 9.85 Å². The summed E-state index contributed by atoms with van der Waals surface area (Å²) in [6.45, 7) is 6.54.